The number of hydrogen-bond acceptors (Lipinski definition) is 5. The Morgan fingerprint density at radius 1 is 1.10 bits per heavy atom. The van der Waals surface area contributed by atoms with Crippen LogP contribution < -0.4 is 10.9 Å². The molecule has 11 heteroatoms. The van der Waals surface area contributed by atoms with Gasteiger partial charge >= 0.3 is 0 Å². The summed E-state index contributed by atoms with van der Waals surface area (Å²) in [4.78, 5) is 26.8. The summed E-state index contributed by atoms with van der Waals surface area (Å²) in [6.45, 7) is 3.93. The highest BCUT2D eigenvalue weighted by molar-refractivity contribution is 9.10. The van der Waals surface area contributed by atoms with Gasteiger partial charge in [0.2, 0.25) is 0 Å². The number of hydrogen-bond donors (Lipinski definition) is 1. The van der Waals surface area contributed by atoms with Gasteiger partial charge in [-0.25, -0.2) is 8.78 Å². The number of aryl methyl sites for hydroxylation is 2. The van der Waals surface area contributed by atoms with Crippen molar-refractivity contribution in [1.82, 2.24) is 24.5 Å². The summed E-state index contributed by atoms with van der Waals surface area (Å²) in [6, 6.07) is 15.7. The lowest BCUT2D eigenvalue weighted by Crippen LogP contribution is -2.51. The second-order valence-corrected chi connectivity index (χ2v) is 11.0. The highest BCUT2D eigenvalue weighted by atomic mass is 79.9. The number of pyridine rings is 1. The number of piperidine rings is 1. The van der Waals surface area contributed by atoms with E-state index in [1.165, 1.54) is 27.6 Å². The summed E-state index contributed by atoms with van der Waals surface area (Å²) in [7, 11) is 0. The highest BCUT2D eigenvalue weighted by Gasteiger charge is 2.46. The minimum absolute atomic E-state index is 0.000807. The van der Waals surface area contributed by atoms with Gasteiger partial charge in [0.1, 0.15) is 5.69 Å². The van der Waals surface area contributed by atoms with Crippen LogP contribution in [0.2, 0.25) is 0 Å². The number of nitrogens with zero attached hydrogens (tertiary/aromatic N) is 5. The molecule has 1 unspecified atom stereocenters. The van der Waals surface area contributed by atoms with Crippen LogP contribution in [0.3, 0.4) is 0 Å². The largest absolute Gasteiger partial charge is 0.379 e. The Hall–Kier alpha value is -3.86. The maximum absolute atomic E-state index is 15.3. The first-order chi connectivity index (χ1) is 19.1. The molecule has 0 spiro atoms. The molecule has 2 aromatic carbocycles. The first-order valence-electron chi connectivity index (χ1n) is 13.0. The average Bonchev–Trinajstić information content (AvgIpc) is 3.36. The third-order valence-electron chi connectivity index (χ3n) is 7.20. The van der Waals surface area contributed by atoms with Gasteiger partial charge < -0.3 is 10.2 Å². The van der Waals surface area contributed by atoms with E-state index in [4.69, 9.17) is 0 Å². The lowest BCUT2D eigenvalue weighted by molar-refractivity contribution is -0.108. The van der Waals surface area contributed by atoms with Gasteiger partial charge in [0, 0.05) is 40.6 Å². The fourth-order valence-electron chi connectivity index (χ4n) is 5.01. The molecule has 8 nitrogen and oxygen atoms in total. The second-order valence-electron chi connectivity index (χ2n) is 10.1. The van der Waals surface area contributed by atoms with Crippen molar-refractivity contribution in [3.05, 3.63) is 104 Å². The molecule has 208 valence electrons. The molecule has 1 saturated heterocycles. The summed E-state index contributed by atoms with van der Waals surface area (Å²) >= 11 is 3.37. The van der Waals surface area contributed by atoms with E-state index in [2.05, 4.69) is 31.6 Å². The number of benzene rings is 2. The van der Waals surface area contributed by atoms with E-state index >= 15 is 8.78 Å². The molecule has 3 heterocycles. The van der Waals surface area contributed by atoms with Crippen LogP contribution in [0.15, 0.2) is 76.3 Å². The van der Waals surface area contributed by atoms with Gasteiger partial charge in [-0.2, -0.15) is 0 Å². The summed E-state index contributed by atoms with van der Waals surface area (Å²) in [5, 5.41) is 11.6. The zero-order chi connectivity index (χ0) is 28.4. The number of halogens is 3. The molecule has 1 fully saturated rings. The number of carbonyl (C=O) groups excluding carboxylic acids is 1. The van der Waals surface area contributed by atoms with E-state index in [0.717, 1.165) is 26.2 Å². The zero-order valence-corrected chi connectivity index (χ0v) is 23.7. The molecule has 2 aromatic heterocycles. The Labute approximate surface area is 238 Å². The molecule has 1 amide bonds. The highest BCUT2D eigenvalue weighted by Crippen LogP contribution is 2.34. The summed E-state index contributed by atoms with van der Waals surface area (Å²) in [5.74, 6) is -4.65. The molecule has 4 aromatic rings. The number of nitrogens with one attached hydrogen (secondary N) is 1. The molecule has 1 aliphatic rings. The zero-order valence-electron chi connectivity index (χ0n) is 22.2. The molecule has 5 rings (SSSR count). The summed E-state index contributed by atoms with van der Waals surface area (Å²) in [6.07, 6.45) is 3.19. The lowest BCUT2D eigenvalue weighted by atomic mass is 9.92. The minimum Gasteiger partial charge on any atom is -0.379 e. The van der Waals surface area contributed by atoms with Crippen molar-refractivity contribution in [1.29, 1.82) is 0 Å². The Kier molecular flexibility index (Phi) is 7.84. The molecule has 40 heavy (non-hydrogen) atoms. The van der Waals surface area contributed by atoms with Gasteiger partial charge in [-0.15, -0.1) is 5.10 Å². The number of amides is 1. The van der Waals surface area contributed by atoms with Crippen LogP contribution in [0.25, 0.3) is 5.69 Å². The number of likely N-dealkylation sites (tertiary alicyclic amines) is 1. The number of aromatic nitrogens is 4. The molecular formula is C29H29BrF2N6O2. The standard InChI is InChI=1S/C29H29BrF2N6O2/c1-19-5-3-6-20(2)27(19)33-14-24-17-37(35-34-24)16-22-11-12-36(18-29(22,31)32)28(40)21-9-10-26(39)38(15-21)25-8-4-7-23(30)13-25/h3-10,13,15,17,22,33H,11-12,14,16,18H2,1-2H3. The van der Waals surface area contributed by atoms with Crippen LogP contribution in [0.5, 0.6) is 0 Å². The van der Waals surface area contributed by atoms with Crippen LogP contribution in [0, 0.1) is 19.8 Å². The quantitative estimate of drug-likeness (QED) is 0.310. The van der Waals surface area contributed by atoms with Crippen LogP contribution in [0.4, 0.5) is 14.5 Å². The maximum atomic E-state index is 15.3. The molecule has 0 aliphatic carbocycles. The number of alkyl halides is 2. The van der Waals surface area contributed by atoms with Gasteiger partial charge in [-0.3, -0.25) is 18.8 Å². The fraction of sp³-hybridized carbons (Fsp3) is 0.310. The molecule has 1 atom stereocenters. The first-order valence-corrected chi connectivity index (χ1v) is 13.7. The van der Waals surface area contributed by atoms with Gasteiger partial charge in [-0.1, -0.05) is 45.4 Å². The molecule has 0 radical (unpaired) electrons. The maximum Gasteiger partial charge on any atom is 0.269 e. The van der Waals surface area contributed by atoms with Crippen LogP contribution >= 0.6 is 15.9 Å². The minimum atomic E-state index is -3.12. The monoisotopic (exact) mass is 610 g/mol. The number of anilines is 1. The van der Waals surface area contributed by atoms with Crippen molar-refractivity contribution in [2.24, 2.45) is 5.92 Å². The Bertz CT molecular complexity index is 1580. The smallest absolute Gasteiger partial charge is 0.269 e. The van der Waals surface area contributed by atoms with Crippen molar-refractivity contribution in [2.75, 3.05) is 18.4 Å². The van der Waals surface area contributed by atoms with E-state index < -0.39 is 24.3 Å². The number of para-hydroxylation sites is 1. The molecule has 0 saturated carbocycles. The van der Waals surface area contributed by atoms with Crippen molar-refractivity contribution in [3.8, 4) is 5.69 Å². The van der Waals surface area contributed by atoms with E-state index in [1.54, 1.807) is 24.4 Å². The third-order valence-corrected chi connectivity index (χ3v) is 7.69. The SMILES string of the molecule is Cc1cccc(C)c1NCc1cn(CC2CCN(C(=O)c3ccc(=O)n(-c4cccc(Br)c4)c3)CC2(F)F)nn1. The predicted molar refractivity (Wildman–Crippen MR) is 152 cm³/mol. The average molecular weight is 611 g/mol. The van der Waals surface area contributed by atoms with E-state index in [1.807, 2.05) is 38.1 Å². The van der Waals surface area contributed by atoms with Crippen molar-refractivity contribution >= 4 is 27.5 Å². The fourth-order valence-corrected chi connectivity index (χ4v) is 5.40. The number of rotatable bonds is 7. The van der Waals surface area contributed by atoms with E-state index in [9.17, 15) is 9.59 Å². The van der Waals surface area contributed by atoms with Crippen LogP contribution in [0.1, 0.15) is 33.6 Å². The second kappa shape index (κ2) is 11.3. The predicted octanol–water partition coefficient (Wildman–Crippen LogP) is 5.22. The number of carbonyl (C=O) groups is 1. The molecule has 1 N–H and O–H groups in total. The van der Waals surface area contributed by atoms with Crippen molar-refractivity contribution in [3.63, 3.8) is 0 Å². The van der Waals surface area contributed by atoms with Gasteiger partial charge in [0.25, 0.3) is 17.4 Å². The summed E-state index contributed by atoms with van der Waals surface area (Å²) in [5.41, 5.74) is 4.31. The molecule has 0 bridgehead atoms. The third kappa shape index (κ3) is 5.99. The van der Waals surface area contributed by atoms with Gasteiger partial charge in [0.05, 0.1) is 31.4 Å². The Balaban J connectivity index is 1.23. The van der Waals surface area contributed by atoms with E-state index in [0.29, 0.717) is 17.9 Å². The Morgan fingerprint density at radius 3 is 2.58 bits per heavy atom. The molecule has 1 aliphatic heterocycles. The van der Waals surface area contributed by atoms with Crippen molar-refractivity contribution in [2.45, 2.75) is 39.3 Å². The van der Waals surface area contributed by atoms with Crippen LogP contribution in [-0.4, -0.2) is 49.4 Å². The lowest BCUT2D eigenvalue weighted by Gasteiger charge is -2.38. The van der Waals surface area contributed by atoms with Crippen molar-refractivity contribution < 1.29 is 13.6 Å². The molecular weight excluding hydrogens is 582 g/mol. The first kappa shape index (κ1) is 27.7. The normalized spacial score (nSPS) is 16.6. The topological polar surface area (TPSA) is 85.0 Å². The van der Waals surface area contributed by atoms with Gasteiger partial charge in [-0.05, 0) is 55.7 Å². The summed E-state index contributed by atoms with van der Waals surface area (Å²) < 4.78 is 34.1. The van der Waals surface area contributed by atoms with Gasteiger partial charge in [0.15, 0.2) is 0 Å². The van der Waals surface area contributed by atoms with Crippen LogP contribution in [-0.2, 0) is 13.1 Å². The Morgan fingerprint density at radius 2 is 1.85 bits per heavy atom. The van der Waals surface area contributed by atoms with E-state index in [-0.39, 0.29) is 30.6 Å².